The topological polar surface area (TPSA) is 39.6 Å². The molecule has 0 amide bonds. The van der Waals surface area contributed by atoms with E-state index in [1.54, 1.807) is 13.1 Å². The van der Waals surface area contributed by atoms with Gasteiger partial charge in [0.25, 0.3) is 0 Å². The zero-order valence-electron chi connectivity index (χ0n) is 10.6. The minimum absolute atomic E-state index is 0.456. The van der Waals surface area contributed by atoms with E-state index >= 15 is 0 Å². The highest BCUT2D eigenvalue weighted by molar-refractivity contribution is 5.48. The van der Waals surface area contributed by atoms with Crippen molar-refractivity contribution in [3.63, 3.8) is 0 Å². The molecule has 0 aromatic carbocycles. The molecular weight excluding hydrogens is 214 g/mol. The lowest BCUT2D eigenvalue weighted by Gasteiger charge is -2.35. The molecule has 1 unspecified atom stereocenters. The minimum atomic E-state index is -0.456. The van der Waals surface area contributed by atoms with Crippen molar-refractivity contribution in [3.8, 4) is 0 Å². The van der Waals surface area contributed by atoms with E-state index in [0.29, 0.717) is 0 Å². The summed E-state index contributed by atoms with van der Waals surface area (Å²) in [5.41, 5.74) is 0.928. The molecule has 1 aliphatic rings. The number of pyridine rings is 1. The summed E-state index contributed by atoms with van der Waals surface area (Å²) in [4.78, 5) is 9.13. The summed E-state index contributed by atoms with van der Waals surface area (Å²) in [7, 11) is 0. The van der Waals surface area contributed by atoms with Crippen LogP contribution in [0.5, 0.6) is 0 Å². The van der Waals surface area contributed by atoms with Crippen LogP contribution in [0.3, 0.4) is 0 Å². The molecule has 1 N–H and O–H groups in total. The summed E-state index contributed by atoms with van der Waals surface area (Å²) in [6.07, 6.45) is 1.34. The number of hydrogen-bond acceptors (Lipinski definition) is 4. The Morgan fingerprint density at radius 3 is 2.65 bits per heavy atom. The second-order valence-electron chi connectivity index (χ2n) is 4.51. The minimum Gasteiger partial charge on any atom is -0.389 e. The molecule has 94 valence electrons. The third-order valence-corrected chi connectivity index (χ3v) is 3.39. The molecule has 1 aromatic heterocycles. The van der Waals surface area contributed by atoms with Crippen LogP contribution in [0.4, 0.5) is 5.82 Å². The lowest BCUT2D eigenvalue weighted by atomic mass is 10.1. The monoisotopic (exact) mass is 235 g/mol. The van der Waals surface area contributed by atoms with Crippen molar-refractivity contribution in [2.75, 3.05) is 37.6 Å². The van der Waals surface area contributed by atoms with Gasteiger partial charge in [-0.2, -0.15) is 0 Å². The number of hydrogen-bond donors (Lipinski definition) is 1. The van der Waals surface area contributed by atoms with Crippen molar-refractivity contribution < 1.29 is 5.11 Å². The van der Waals surface area contributed by atoms with Gasteiger partial charge in [0, 0.05) is 37.9 Å². The van der Waals surface area contributed by atoms with Gasteiger partial charge in [-0.1, -0.05) is 13.0 Å². The van der Waals surface area contributed by atoms with Crippen molar-refractivity contribution in [3.05, 3.63) is 23.9 Å². The molecule has 0 spiro atoms. The second kappa shape index (κ2) is 5.47. The Balaban J connectivity index is 2.13. The fourth-order valence-electron chi connectivity index (χ4n) is 2.28. The molecule has 1 aromatic rings. The number of anilines is 1. The Bertz CT molecular complexity index is 359. The lowest BCUT2D eigenvalue weighted by Crippen LogP contribution is -2.46. The normalized spacial score (nSPS) is 19.4. The van der Waals surface area contributed by atoms with Gasteiger partial charge in [0.05, 0.1) is 6.10 Å². The van der Waals surface area contributed by atoms with Gasteiger partial charge in [-0.05, 0) is 19.5 Å². The average Bonchev–Trinajstić information content (AvgIpc) is 2.39. The van der Waals surface area contributed by atoms with Gasteiger partial charge < -0.3 is 14.9 Å². The molecule has 1 saturated heterocycles. The van der Waals surface area contributed by atoms with E-state index in [4.69, 9.17) is 0 Å². The maximum Gasteiger partial charge on any atom is 0.134 e. The van der Waals surface area contributed by atoms with Gasteiger partial charge in [0.2, 0.25) is 0 Å². The first kappa shape index (κ1) is 12.3. The van der Waals surface area contributed by atoms with Gasteiger partial charge in [0.15, 0.2) is 0 Å². The van der Waals surface area contributed by atoms with Crippen molar-refractivity contribution in [1.82, 2.24) is 9.88 Å². The van der Waals surface area contributed by atoms with E-state index in [2.05, 4.69) is 21.7 Å². The second-order valence-corrected chi connectivity index (χ2v) is 4.51. The molecule has 0 saturated carbocycles. The quantitative estimate of drug-likeness (QED) is 0.856. The number of rotatable bonds is 3. The zero-order chi connectivity index (χ0) is 12.3. The van der Waals surface area contributed by atoms with E-state index in [1.165, 1.54) is 0 Å². The van der Waals surface area contributed by atoms with Crippen LogP contribution in [0, 0.1) is 0 Å². The summed E-state index contributed by atoms with van der Waals surface area (Å²) >= 11 is 0. The predicted molar refractivity (Wildman–Crippen MR) is 69.2 cm³/mol. The molecule has 2 heterocycles. The predicted octanol–water partition coefficient (Wildman–Crippen LogP) is 1.28. The summed E-state index contributed by atoms with van der Waals surface area (Å²) in [6.45, 7) is 9.23. The summed E-state index contributed by atoms with van der Waals surface area (Å²) < 4.78 is 0. The number of nitrogens with zero attached hydrogens (tertiary/aromatic N) is 3. The van der Waals surface area contributed by atoms with Gasteiger partial charge in [-0.15, -0.1) is 0 Å². The van der Waals surface area contributed by atoms with Crippen molar-refractivity contribution in [2.45, 2.75) is 20.0 Å². The Labute approximate surface area is 103 Å². The van der Waals surface area contributed by atoms with E-state index < -0.39 is 6.10 Å². The molecule has 17 heavy (non-hydrogen) atoms. The maximum absolute atomic E-state index is 9.76. The molecule has 0 bridgehead atoms. The molecule has 4 heteroatoms. The molecule has 2 rings (SSSR count). The number of likely N-dealkylation sites (N-methyl/N-ethyl adjacent to an activating group) is 1. The molecule has 4 nitrogen and oxygen atoms in total. The van der Waals surface area contributed by atoms with Crippen LogP contribution in [-0.2, 0) is 0 Å². The van der Waals surface area contributed by atoms with Crippen LogP contribution in [0.2, 0.25) is 0 Å². The number of aliphatic hydroxyl groups is 1. The Kier molecular flexibility index (Phi) is 3.97. The Morgan fingerprint density at radius 2 is 2.06 bits per heavy atom. The van der Waals surface area contributed by atoms with E-state index in [-0.39, 0.29) is 0 Å². The number of aromatic nitrogens is 1. The molecule has 1 atom stereocenters. The Hall–Kier alpha value is -1.13. The summed E-state index contributed by atoms with van der Waals surface area (Å²) in [5, 5.41) is 9.76. The largest absolute Gasteiger partial charge is 0.389 e. The van der Waals surface area contributed by atoms with Crippen LogP contribution in [0.1, 0.15) is 25.5 Å². The first-order valence-corrected chi connectivity index (χ1v) is 6.32. The SMILES string of the molecule is CCN1CCN(c2ncccc2C(C)O)CC1. The van der Waals surface area contributed by atoms with Crippen molar-refractivity contribution in [2.24, 2.45) is 0 Å². The van der Waals surface area contributed by atoms with Crippen LogP contribution >= 0.6 is 0 Å². The highest BCUT2D eigenvalue weighted by Crippen LogP contribution is 2.24. The third-order valence-electron chi connectivity index (χ3n) is 3.39. The Morgan fingerprint density at radius 1 is 1.35 bits per heavy atom. The van der Waals surface area contributed by atoms with Gasteiger partial charge in [-0.3, -0.25) is 0 Å². The smallest absolute Gasteiger partial charge is 0.134 e. The van der Waals surface area contributed by atoms with Crippen LogP contribution in [-0.4, -0.2) is 47.7 Å². The first-order valence-electron chi connectivity index (χ1n) is 6.32. The summed E-state index contributed by atoms with van der Waals surface area (Å²) in [5.74, 6) is 0.943. The first-order chi connectivity index (χ1) is 8.22. The fourth-order valence-corrected chi connectivity index (χ4v) is 2.28. The molecule has 0 aliphatic carbocycles. The standard InChI is InChI=1S/C13H21N3O/c1-3-15-7-9-16(10-8-15)13-12(11(2)17)5-4-6-14-13/h4-6,11,17H,3,7-10H2,1-2H3. The fraction of sp³-hybridized carbons (Fsp3) is 0.615. The molecule has 0 radical (unpaired) electrons. The molecule has 1 aliphatic heterocycles. The highest BCUT2D eigenvalue weighted by atomic mass is 16.3. The molecule has 1 fully saturated rings. The zero-order valence-corrected chi connectivity index (χ0v) is 10.6. The van der Waals surface area contributed by atoms with Gasteiger partial charge in [-0.25, -0.2) is 4.98 Å². The lowest BCUT2D eigenvalue weighted by molar-refractivity contribution is 0.198. The van der Waals surface area contributed by atoms with Gasteiger partial charge >= 0.3 is 0 Å². The average molecular weight is 235 g/mol. The van der Waals surface area contributed by atoms with Gasteiger partial charge in [0.1, 0.15) is 5.82 Å². The number of piperazine rings is 1. The molecular formula is C13H21N3O. The van der Waals surface area contributed by atoms with Crippen LogP contribution in [0.25, 0.3) is 0 Å². The van der Waals surface area contributed by atoms with Crippen molar-refractivity contribution >= 4 is 5.82 Å². The van der Waals surface area contributed by atoms with Crippen LogP contribution in [0.15, 0.2) is 18.3 Å². The summed E-state index contributed by atoms with van der Waals surface area (Å²) in [6, 6.07) is 3.84. The van der Waals surface area contributed by atoms with E-state index in [9.17, 15) is 5.11 Å². The van der Waals surface area contributed by atoms with Crippen molar-refractivity contribution in [1.29, 1.82) is 0 Å². The van der Waals surface area contributed by atoms with E-state index in [0.717, 1.165) is 44.1 Å². The number of aliphatic hydroxyl groups excluding tert-OH is 1. The van der Waals surface area contributed by atoms with E-state index in [1.807, 2.05) is 12.1 Å². The van der Waals surface area contributed by atoms with Crippen LogP contribution < -0.4 is 4.90 Å². The maximum atomic E-state index is 9.76. The highest BCUT2D eigenvalue weighted by Gasteiger charge is 2.20. The third kappa shape index (κ3) is 2.76.